The molecule has 39 heavy (non-hydrogen) atoms. The molecule has 3 aromatic rings. The fourth-order valence-electron chi connectivity index (χ4n) is 4.00. The van der Waals surface area contributed by atoms with Crippen LogP contribution in [0.4, 0.5) is 11.4 Å². The first-order chi connectivity index (χ1) is 18.5. The Kier molecular flexibility index (Phi) is 8.72. The standard InChI is InChI=1S/C26H26ClN3O7S2/c1-38(33,34)30(21-8-10-22(11-9-21)39(35,36)29-13-15-37-16-14-29)18-25(31)28-24-12-7-20(27)17-23(24)26(32)19-5-3-2-4-6-19/h2-12,17H,13-16,18H2,1H3,(H,28,31). The van der Waals surface area contributed by atoms with Gasteiger partial charge in [-0.05, 0) is 42.5 Å². The summed E-state index contributed by atoms with van der Waals surface area (Å²) in [7, 11) is -7.72. The van der Waals surface area contributed by atoms with E-state index in [1.165, 1.54) is 46.8 Å². The fourth-order valence-corrected chi connectivity index (χ4v) is 6.44. The number of carbonyl (C=O) groups is 2. The molecule has 0 aromatic heterocycles. The number of morpholine rings is 1. The minimum atomic E-state index is -3.94. The molecule has 4 rings (SSSR count). The Labute approximate surface area is 232 Å². The lowest BCUT2D eigenvalue weighted by Gasteiger charge is -2.26. The van der Waals surface area contributed by atoms with E-state index in [9.17, 15) is 26.4 Å². The molecule has 10 nitrogen and oxygen atoms in total. The molecule has 1 aliphatic rings. The van der Waals surface area contributed by atoms with Crippen molar-refractivity contribution in [2.75, 3.05) is 48.7 Å². The van der Waals surface area contributed by atoms with Crippen LogP contribution < -0.4 is 9.62 Å². The van der Waals surface area contributed by atoms with E-state index in [-0.39, 0.29) is 45.7 Å². The van der Waals surface area contributed by atoms with Gasteiger partial charge < -0.3 is 10.1 Å². The molecule has 1 fully saturated rings. The zero-order valence-corrected chi connectivity index (χ0v) is 23.3. The highest BCUT2D eigenvalue weighted by molar-refractivity contribution is 7.92. The quantitative estimate of drug-likeness (QED) is 0.379. The summed E-state index contributed by atoms with van der Waals surface area (Å²) in [6.45, 7) is 0.412. The number of nitrogens with zero attached hydrogens (tertiary/aromatic N) is 2. The van der Waals surface area contributed by atoms with Gasteiger partial charge in [-0.15, -0.1) is 0 Å². The smallest absolute Gasteiger partial charge is 0.245 e. The molecular formula is C26H26ClN3O7S2. The van der Waals surface area contributed by atoms with E-state index in [1.54, 1.807) is 30.3 Å². The zero-order chi connectivity index (χ0) is 28.2. The van der Waals surface area contributed by atoms with Crippen LogP contribution in [0.15, 0.2) is 77.7 Å². The minimum absolute atomic E-state index is 0.00344. The van der Waals surface area contributed by atoms with Gasteiger partial charge in [-0.3, -0.25) is 13.9 Å². The van der Waals surface area contributed by atoms with Gasteiger partial charge >= 0.3 is 0 Å². The van der Waals surface area contributed by atoms with Gasteiger partial charge in [-0.1, -0.05) is 41.9 Å². The van der Waals surface area contributed by atoms with Crippen molar-refractivity contribution in [3.63, 3.8) is 0 Å². The summed E-state index contributed by atoms with van der Waals surface area (Å²) in [5.74, 6) is -1.08. The molecule has 0 spiro atoms. The maximum absolute atomic E-state index is 13.1. The molecule has 1 aliphatic heterocycles. The first-order valence-electron chi connectivity index (χ1n) is 11.8. The molecule has 1 N–H and O–H groups in total. The topological polar surface area (TPSA) is 130 Å². The number of carbonyl (C=O) groups excluding carboxylic acids is 2. The molecule has 0 bridgehead atoms. The molecule has 1 heterocycles. The van der Waals surface area contributed by atoms with Gasteiger partial charge in [0.15, 0.2) is 5.78 Å². The third kappa shape index (κ3) is 6.84. The van der Waals surface area contributed by atoms with Crippen LogP contribution in [0.2, 0.25) is 5.02 Å². The van der Waals surface area contributed by atoms with Crippen molar-refractivity contribution in [2.45, 2.75) is 4.90 Å². The van der Waals surface area contributed by atoms with E-state index in [0.29, 0.717) is 18.8 Å². The predicted octanol–water partition coefficient (Wildman–Crippen LogP) is 3.00. The van der Waals surface area contributed by atoms with Crippen molar-refractivity contribution in [2.24, 2.45) is 0 Å². The Hall–Kier alpha value is -3.29. The second-order valence-electron chi connectivity index (χ2n) is 8.71. The van der Waals surface area contributed by atoms with E-state index >= 15 is 0 Å². The van der Waals surface area contributed by atoms with Crippen LogP contribution in [0.1, 0.15) is 15.9 Å². The highest BCUT2D eigenvalue weighted by Crippen LogP contribution is 2.26. The minimum Gasteiger partial charge on any atom is -0.379 e. The summed E-state index contributed by atoms with van der Waals surface area (Å²) in [6.07, 6.45) is 0.936. The largest absolute Gasteiger partial charge is 0.379 e. The Bertz CT molecular complexity index is 1570. The number of halogens is 1. The van der Waals surface area contributed by atoms with Crippen molar-refractivity contribution >= 4 is 54.7 Å². The normalized spacial score (nSPS) is 14.5. The molecule has 0 aliphatic carbocycles. The van der Waals surface area contributed by atoms with Crippen LogP contribution in [0.5, 0.6) is 0 Å². The average Bonchev–Trinajstić information content (AvgIpc) is 2.93. The van der Waals surface area contributed by atoms with Crippen molar-refractivity contribution in [1.82, 2.24) is 4.31 Å². The van der Waals surface area contributed by atoms with Crippen molar-refractivity contribution in [3.8, 4) is 0 Å². The van der Waals surface area contributed by atoms with Crippen molar-refractivity contribution in [1.29, 1.82) is 0 Å². The number of hydrogen-bond acceptors (Lipinski definition) is 7. The van der Waals surface area contributed by atoms with E-state index < -0.39 is 32.5 Å². The first-order valence-corrected chi connectivity index (χ1v) is 15.5. The third-order valence-corrected chi connectivity index (χ3v) is 9.24. The highest BCUT2D eigenvalue weighted by atomic mass is 35.5. The summed E-state index contributed by atoms with van der Waals surface area (Å²) in [6, 6.07) is 18.1. The number of hydrogen-bond donors (Lipinski definition) is 1. The van der Waals surface area contributed by atoms with E-state index in [2.05, 4.69) is 5.32 Å². The summed E-state index contributed by atoms with van der Waals surface area (Å²) in [5, 5.41) is 2.89. The lowest BCUT2D eigenvalue weighted by Crippen LogP contribution is -2.40. The number of amides is 1. The fraction of sp³-hybridized carbons (Fsp3) is 0.231. The number of nitrogens with one attached hydrogen (secondary N) is 1. The van der Waals surface area contributed by atoms with Gasteiger partial charge in [0, 0.05) is 29.2 Å². The van der Waals surface area contributed by atoms with E-state index in [0.717, 1.165) is 10.6 Å². The molecule has 3 aromatic carbocycles. The maximum Gasteiger partial charge on any atom is 0.245 e. The first kappa shape index (κ1) is 28.7. The van der Waals surface area contributed by atoms with Gasteiger partial charge in [0.2, 0.25) is 26.0 Å². The monoisotopic (exact) mass is 591 g/mol. The van der Waals surface area contributed by atoms with Crippen LogP contribution in [0, 0.1) is 0 Å². The second kappa shape index (κ2) is 11.8. The molecular weight excluding hydrogens is 566 g/mol. The maximum atomic E-state index is 13.1. The van der Waals surface area contributed by atoms with Gasteiger partial charge in [-0.25, -0.2) is 16.8 Å². The number of benzene rings is 3. The molecule has 0 radical (unpaired) electrons. The molecule has 206 valence electrons. The molecule has 1 saturated heterocycles. The summed E-state index contributed by atoms with van der Waals surface area (Å²) >= 11 is 6.10. The number of ketones is 1. The Morgan fingerprint density at radius 3 is 2.21 bits per heavy atom. The van der Waals surface area contributed by atoms with Gasteiger partial charge in [0.1, 0.15) is 6.54 Å². The molecule has 13 heteroatoms. The van der Waals surface area contributed by atoms with Crippen molar-refractivity contribution < 1.29 is 31.2 Å². The van der Waals surface area contributed by atoms with Gasteiger partial charge in [0.05, 0.1) is 35.7 Å². The van der Waals surface area contributed by atoms with E-state index in [1.807, 2.05) is 0 Å². The van der Waals surface area contributed by atoms with E-state index in [4.69, 9.17) is 16.3 Å². The summed E-state index contributed by atoms with van der Waals surface area (Å²) < 4.78 is 58.3. The van der Waals surface area contributed by atoms with Gasteiger partial charge in [-0.2, -0.15) is 4.31 Å². The number of sulfonamides is 2. The number of rotatable bonds is 9. The highest BCUT2D eigenvalue weighted by Gasteiger charge is 2.28. The Morgan fingerprint density at radius 2 is 1.59 bits per heavy atom. The summed E-state index contributed by atoms with van der Waals surface area (Å²) in [5.41, 5.74) is 0.801. The number of anilines is 2. The van der Waals surface area contributed by atoms with Crippen LogP contribution in [0.25, 0.3) is 0 Å². The van der Waals surface area contributed by atoms with Crippen molar-refractivity contribution in [3.05, 3.63) is 88.9 Å². The summed E-state index contributed by atoms with van der Waals surface area (Å²) in [4.78, 5) is 26.0. The zero-order valence-electron chi connectivity index (χ0n) is 20.9. The second-order valence-corrected chi connectivity index (χ2v) is 13.0. The number of ether oxygens (including phenoxy) is 1. The molecule has 1 amide bonds. The third-order valence-electron chi connectivity index (χ3n) is 5.96. The van der Waals surface area contributed by atoms with Crippen LogP contribution in [-0.2, 0) is 29.6 Å². The average molecular weight is 592 g/mol. The lowest BCUT2D eigenvalue weighted by atomic mass is 10.0. The molecule has 0 unspecified atom stereocenters. The predicted molar refractivity (Wildman–Crippen MR) is 148 cm³/mol. The SMILES string of the molecule is CS(=O)(=O)N(CC(=O)Nc1ccc(Cl)cc1C(=O)c1ccccc1)c1ccc(S(=O)(=O)N2CCOCC2)cc1. The molecule has 0 atom stereocenters. The Balaban J connectivity index is 1.55. The van der Waals surface area contributed by atoms with Crippen LogP contribution >= 0.6 is 11.6 Å². The lowest BCUT2D eigenvalue weighted by molar-refractivity contribution is -0.114. The molecule has 0 saturated carbocycles. The van der Waals surface area contributed by atoms with Gasteiger partial charge in [0.25, 0.3) is 0 Å². The van der Waals surface area contributed by atoms with Crippen LogP contribution in [-0.4, -0.2) is 71.9 Å². The van der Waals surface area contributed by atoms with Crippen LogP contribution in [0.3, 0.4) is 0 Å². The Morgan fingerprint density at radius 1 is 0.949 bits per heavy atom.